The van der Waals surface area contributed by atoms with Crippen molar-refractivity contribution in [2.24, 2.45) is 0 Å². The summed E-state index contributed by atoms with van der Waals surface area (Å²) in [5.74, 6) is -1.12. The van der Waals surface area contributed by atoms with E-state index in [4.69, 9.17) is 18.5 Å². The van der Waals surface area contributed by atoms with Crippen LogP contribution >= 0.6 is 7.82 Å². The summed E-state index contributed by atoms with van der Waals surface area (Å²) < 4.78 is 33.4. The number of hydrogen-bond donors (Lipinski definition) is 6. The maximum atomic E-state index is 12.8. The lowest BCUT2D eigenvalue weighted by atomic mass is 9.85. The van der Waals surface area contributed by atoms with Crippen molar-refractivity contribution in [3.8, 4) is 0 Å². The molecule has 1 fully saturated rings. The SMILES string of the molecule is CCCCC/C=C\C=C\C(=O)CCCCCCCC(=O)O[C@H](COC(=O)CCCCCCCCCCCCCCCCC)COP(=O)(O)OC1[C@H](O)[C@H](O)C(O)[C@H](O)[C@H]1O. The minimum absolute atomic E-state index is 0.0156. The first kappa shape index (κ1) is 56.0. The molecule has 0 aromatic rings. The molecule has 0 amide bonds. The average Bonchev–Trinajstić information content (AvgIpc) is 3.22. The van der Waals surface area contributed by atoms with Gasteiger partial charge in [0.05, 0.1) is 6.61 Å². The zero-order valence-corrected chi connectivity index (χ0v) is 37.6. The number of ketones is 1. The maximum Gasteiger partial charge on any atom is 0.472 e. The minimum Gasteiger partial charge on any atom is -0.462 e. The van der Waals surface area contributed by atoms with Gasteiger partial charge in [0, 0.05) is 19.3 Å². The summed E-state index contributed by atoms with van der Waals surface area (Å²) in [6.45, 7) is 3.15. The number of esters is 2. The van der Waals surface area contributed by atoms with E-state index in [1.165, 1.54) is 83.5 Å². The maximum absolute atomic E-state index is 12.8. The van der Waals surface area contributed by atoms with Crippen LogP contribution in [0, 0.1) is 0 Å². The molecule has 3 unspecified atom stereocenters. The number of allylic oxidation sites excluding steroid dienone is 4. The van der Waals surface area contributed by atoms with Gasteiger partial charge in [-0.3, -0.25) is 23.4 Å². The number of carbonyl (C=O) groups is 3. The van der Waals surface area contributed by atoms with Gasteiger partial charge in [-0.15, -0.1) is 0 Å². The molecule has 14 nitrogen and oxygen atoms in total. The van der Waals surface area contributed by atoms with Crippen molar-refractivity contribution in [1.29, 1.82) is 0 Å². The van der Waals surface area contributed by atoms with Crippen LogP contribution in [0.5, 0.6) is 0 Å². The van der Waals surface area contributed by atoms with Crippen molar-refractivity contribution in [2.45, 2.75) is 230 Å². The summed E-state index contributed by atoms with van der Waals surface area (Å²) in [6, 6.07) is 0. The van der Waals surface area contributed by atoms with Crippen LogP contribution in [0.4, 0.5) is 0 Å². The molecule has 0 aliphatic heterocycles. The lowest BCUT2D eigenvalue weighted by molar-refractivity contribution is -0.220. The Morgan fingerprint density at radius 2 is 0.983 bits per heavy atom. The molecule has 350 valence electrons. The second-order valence-electron chi connectivity index (χ2n) is 16.3. The number of hydrogen-bond acceptors (Lipinski definition) is 13. The molecule has 15 heteroatoms. The summed E-state index contributed by atoms with van der Waals surface area (Å²) in [7, 11) is -5.14. The fourth-order valence-corrected chi connectivity index (χ4v) is 7.95. The summed E-state index contributed by atoms with van der Waals surface area (Å²) >= 11 is 0. The van der Waals surface area contributed by atoms with Crippen LogP contribution in [0.2, 0.25) is 0 Å². The van der Waals surface area contributed by atoms with Gasteiger partial charge in [-0.2, -0.15) is 0 Å². The fourth-order valence-electron chi connectivity index (χ4n) is 6.97. The van der Waals surface area contributed by atoms with Gasteiger partial charge in [-0.1, -0.05) is 154 Å². The predicted octanol–water partition coefficient (Wildman–Crippen LogP) is 8.02. The topological polar surface area (TPSA) is 227 Å². The van der Waals surface area contributed by atoms with Crippen LogP contribution in [0.3, 0.4) is 0 Å². The Bertz CT molecular complexity index is 1210. The molecule has 1 rings (SSSR count). The summed E-state index contributed by atoms with van der Waals surface area (Å²) in [5, 5.41) is 50.1. The molecule has 0 aromatic carbocycles. The third-order valence-electron chi connectivity index (χ3n) is 10.8. The van der Waals surface area contributed by atoms with Crippen LogP contribution in [0.15, 0.2) is 24.3 Å². The van der Waals surface area contributed by atoms with Gasteiger partial charge in [0.2, 0.25) is 0 Å². The molecular weight excluding hydrogens is 795 g/mol. The summed E-state index contributed by atoms with van der Waals surface area (Å²) in [4.78, 5) is 47.8. The van der Waals surface area contributed by atoms with Crippen molar-refractivity contribution < 1.29 is 67.9 Å². The van der Waals surface area contributed by atoms with Gasteiger partial charge in [0.25, 0.3) is 0 Å². The molecule has 1 aliphatic rings. The van der Waals surface area contributed by atoms with Crippen molar-refractivity contribution >= 4 is 25.5 Å². The smallest absolute Gasteiger partial charge is 0.462 e. The van der Waals surface area contributed by atoms with E-state index < -0.39 is 75.7 Å². The molecule has 60 heavy (non-hydrogen) atoms. The molecule has 6 N–H and O–H groups in total. The Labute approximate surface area is 360 Å². The van der Waals surface area contributed by atoms with Crippen LogP contribution in [-0.2, 0) is 37.5 Å². The second-order valence-corrected chi connectivity index (χ2v) is 17.7. The van der Waals surface area contributed by atoms with Crippen molar-refractivity contribution in [3.63, 3.8) is 0 Å². The lowest BCUT2D eigenvalue weighted by Crippen LogP contribution is -2.64. The Kier molecular flexibility index (Phi) is 33.1. The van der Waals surface area contributed by atoms with Crippen LogP contribution in [-0.4, -0.2) is 104 Å². The number of unbranched alkanes of at least 4 members (excludes halogenated alkanes) is 21. The molecule has 1 aliphatic carbocycles. The van der Waals surface area contributed by atoms with Gasteiger partial charge < -0.3 is 39.9 Å². The quantitative estimate of drug-likeness (QED) is 0.0114. The monoisotopic (exact) mass is 877 g/mol. The Balaban J connectivity index is 2.49. The average molecular weight is 877 g/mol. The number of aliphatic hydroxyl groups is 5. The standard InChI is InChI=1S/C45H81O14P/c1-3-5-7-9-11-12-13-14-15-16-17-18-20-24-28-32-38(47)56-34-37(35-57-60(54,55)59-45-43(52)41(50)40(49)42(51)44(45)53)58-39(48)33-29-25-21-23-27-31-36(46)30-26-22-19-10-8-6-4-2/h19,22,26,30,37,40-45,49-53H,3-18,20-21,23-25,27-29,31-35H2,1-2H3,(H,54,55)/b22-19-,30-26+/t37-,40?,41-,42+,43-,44-,45?/m1/s1. The third kappa shape index (κ3) is 27.8. The van der Waals surface area contributed by atoms with E-state index in [1.807, 2.05) is 6.08 Å². The van der Waals surface area contributed by atoms with E-state index in [0.717, 1.165) is 51.4 Å². The molecule has 0 saturated heterocycles. The predicted molar refractivity (Wildman–Crippen MR) is 231 cm³/mol. The van der Waals surface area contributed by atoms with Crippen LogP contribution in [0.25, 0.3) is 0 Å². The zero-order chi connectivity index (χ0) is 44.4. The number of ether oxygens (including phenoxy) is 2. The first-order valence-corrected chi connectivity index (χ1v) is 24.6. The highest BCUT2D eigenvalue weighted by Crippen LogP contribution is 2.47. The Hall–Kier alpha value is -2.00. The molecule has 0 spiro atoms. The van der Waals surface area contributed by atoms with Gasteiger partial charge in [0.1, 0.15) is 43.2 Å². The largest absolute Gasteiger partial charge is 0.472 e. The highest BCUT2D eigenvalue weighted by molar-refractivity contribution is 7.47. The Morgan fingerprint density at radius 3 is 1.50 bits per heavy atom. The van der Waals surface area contributed by atoms with E-state index in [2.05, 4.69) is 19.9 Å². The van der Waals surface area contributed by atoms with E-state index in [9.17, 15) is 49.4 Å². The van der Waals surface area contributed by atoms with E-state index in [-0.39, 0.29) is 18.6 Å². The Morgan fingerprint density at radius 1 is 0.550 bits per heavy atom. The number of aliphatic hydroxyl groups excluding tert-OH is 5. The summed E-state index contributed by atoms with van der Waals surface area (Å²) in [6.07, 6.45) is 20.5. The van der Waals surface area contributed by atoms with Gasteiger partial charge >= 0.3 is 19.8 Å². The third-order valence-corrected chi connectivity index (χ3v) is 11.8. The van der Waals surface area contributed by atoms with E-state index >= 15 is 0 Å². The van der Waals surface area contributed by atoms with Crippen molar-refractivity contribution in [2.75, 3.05) is 13.2 Å². The van der Waals surface area contributed by atoms with Gasteiger partial charge in [-0.25, -0.2) is 4.57 Å². The fraction of sp³-hybridized carbons (Fsp3) is 0.844. The number of rotatable bonds is 38. The second kappa shape index (κ2) is 35.5. The normalized spacial score (nSPS) is 22.3. The molecular formula is C45H81O14P. The molecule has 1 saturated carbocycles. The zero-order valence-electron chi connectivity index (χ0n) is 36.8. The number of phosphoric ester groups is 1. The summed E-state index contributed by atoms with van der Waals surface area (Å²) in [5.41, 5.74) is 0. The molecule has 0 aromatic heterocycles. The number of phosphoric acid groups is 1. The van der Waals surface area contributed by atoms with E-state index in [0.29, 0.717) is 25.7 Å². The first-order chi connectivity index (χ1) is 28.8. The molecule has 0 bridgehead atoms. The van der Waals surface area contributed by atoms with Crippen molar-refractivity contribution in [3.05, 3.63) is 24.3 Å². The van der Waals surface area contributed by atoms with Crippen LogP contribution in [0.1, 0.15) is 187 Å². The van der Waals surface area contributed by atoms with E-state index in [1.54, 1.807) is 12.2 Å². The lowest BCUT2D eigenvalue weighted by Gasteiger charge is -2.41. The minimum atomic E-state index is -5.14. The molecule has 0 heterocycles. The first-order valence-electron chi connectivity index (χ1n) is 23.1. The van der Waals surface area contributed by atoms with Gasteiger partial charge in [0.15, 0.2) is 11.9 Å². The van der Waals surface area contributed by atoms with Crippen LogP contribution < -0.4 is 0 Å². The molecule has 8 atom stereocenters. The van der Waals surface area contributed by atoms with Crippen molar-refractivity contribution in [1.82, 2.24) is 0 Å². The highest BCUT2D eigenvalue weighted by atomic mass is 31.2. The van der Waals surface area contributed by atoms with Gasteiger partial charge in [-0.05, 0) is 38.2 Å². The molecule has 0 radical (unpaired) electrons. The highest BCUT2D eigenvalue weighted by Gasteiger charge is 2.51. The number of carbonyl (C=O) groups excluding carboxylic acids is 3.